The van der Waals surface area contributed by atoms with E-state index in [4.69, 9.17) is 17.3 Å². The second-order valence-electron chi connectivity index (χ2n) is 3.66. The quantitative estimate of drug-likeness (QED) is 0.884. The van der Waals surface area contributed by atoms with Gasteiger partial charge in [0.25, 0.3) is 0 Å². The Labute approximate surface area is 100 Å². The summed E-state index contributed by atoms with van der Waals surface area (Å²) in [5.74, 6) is 0. The first kappa shape index (κ1) is 11.1. The van der Waals surface area contributed by atoms with Gasteiger partial charge in [-0.25, -0.2) is 0 Å². The van der Waals surface area contributed by atoms with Crippen LogP contribution in [-0.4, -0.2) is 4.98 Å². The molecule has 82 valence electrons. The Morgan fingerprint density at radius 3 is 2.50 bits per heavy atom. The van der Waals surface area contributed by atoms with Crippen LogP contribution in [0, 0.1) is 0 Å². The molecule has 0 radical (unpaired) electrons. The second kappa shape index (κ2) is 5.10. The first-order valence-electron chi connectivity index (χ1n) is 5.16. The number of nitrogens with two attached hydrogens (primary N) is 1. The van der Waals surface area contributed by atoms with Crippen LogP contribution >= 0.6 is 11.6 Å². The van der Waals surface area contributed by atoms with Crippen LogP contribution in [-0.2, 0) is 13.0 Å². The van der Waals surface area contributed by atoms with E-state index in [1.54, 1.807) is 12.4 Å². The predicted molar refractivity (Wildman–Crippen MR) is 66.4 cm³/mol. The molecule has 0 aliphatic rings. The molecule has 1 aromatic carbocycles. The van der Waals surface area contributed by atoms with Crippen LogP contribution in [0.3, 0.4) is 0 Å². The lowest BCUT2D eigenvalue weighted by Gasteiger charge is -2.05. The lowest BCUT2D eigenvalue weighted by atomic mass is 10.0. The summed E-state index contributed by atoms with van der Waals surface area (Å²) >= 11 is 6.01. The second-order valence-corrected chi connectivity index (χ2v) is 4.07. The van der Waals surface area contributed by atoms with Gasteiger partial charge in [-0.15, -0.1) is 0 Å². The zero-order chi connectivity index (χ0) is 11.4. The van der Waals surface area contributed by atoms with Gasteiger partial charge in [-0.05, 0) is 41.3 Å². The van der Waals surface area contributed by atoms with E-state index in [-0.39, 0.29) is 0 Å². The third-order valence-electron chi connectivity index (χ3n) is 2.49. The zero-order valence-electron chi connectivity index (χ0n) is 8.86. The number of nitrogens with zero attached hydrogens (tertiary/aromatic N) is 1. The molecule has 1 aromatic heterocycles. The van der Waals surface area contributed by atoms with Crippen molar-refractivity contribution in [1.82, 2.24) is 4.98 Å². The van der Waals surface area contributed by atoms with E-state index < -0.39 is 0 Å². The van der Waals surface area contributed by atoms with E-state index in [0.717, 1.165) is 17.0 Å². The molecule has 2 N–H and O–H groups in total. The zero-order valence-corrected chi connectivity index (χ0v) is 9.61. The normalized spacial score (nSPS) is 10.4. The van der Waals surface area contributed by atoms with E-state index in [2.05, 4.69) is 11.1 Å². The minimum atomic E-state index is 0.475. The summed E-state index contributed by atoms with van der Waals surface area (Å²) in [7, 11) is 0. The van der Waals surface area contributed by atoms with Crippen LogP contribution in [0.2, 0.25) is 5.02 Å². The Balaban J connectivity index is 2.22. The number of aromatic nitrogens is 1. The molecule has 0 saturated heterocycles. The average Bonchev–Trinajstić information content (AvgIpc) is 2.33. The molecule has 0 aliphatic carbocycles. The van der Waals surface area contributed by atoms with Crippen molar-refractivity contribution in [2.45, 2.75) is 13.0 Å². The van der Waals surface area contributed by atoms with Crippen molar-refractivity contribution >= 4 is 11.6 Å². The smallest absolute Gasteiger partial charge is 0.0451 e. The number of hydrogen-bond acceptors (Lipinski definition) is 2. The molecule has 0 fully saturated rings. The number of rotatable bonds is 3. The van der Waals surface area contributed by atoms with Gasteiger partial charge in [0.2, 0.25) is 0 Å². The van der Waals surface area contributed by atoms with Crippen molar-refractivity contribution in [1.29, 1.82) is 0 Å². The first-order valence-corrected chi connectivity index (χ1v) is 5.53. The Bertz CT molecular complexity index is 469. The maximum Gasteiger partial charge on any atom is 0.0451 e. The van der Waals surface area contributed by atoms with Crippen LogP contribution in [0.4, 0.5) is 0 Å². The third-order valence-corrected chi connectivity index (χ3v) is 2.86. The van der Waals surface area contributed by atoms with Gasteiger partial charge in [-0.2, -0.15) is 0 Å². The van der Waals surface area contributed by atoms with Gasteiger partial charge in [0.15, 0.2) is 0 Å². The van der Waals surface area contributed by atoms with Gasteiger partial charge >= 0.3 is 0 Å². The molecule has 2 aromatic rings. The lowest BCUT2D eigenvalue weighted by molar-refractivity contribution is 1.05. The summed E-state index contributed by atoms with van der Waals surface area (Å²) < 4.78 is 0. The standard InChI is InChI=1S/C13H13ClN2/c14-13-2-1-11(8-12(13)9-15)7-10-3-5-16-6-4-10/h1-6,8H,7,9,15H2. The molecule has 0 atom stereocenters. The summed E-state index contributed by atoms with van der Waals surface area (Å²) in [4.78, 5) is 3.99. The molecule has 3 heteroatoms. The number of pyridine rings is 1. The Morgan fingerprint density at radius 2 is 1.81 bits per heavy atom. The van der Waals surface area contributed by atoms with Gasteiger partial charge in [0.05, 0.1) is 0 Å². The molecule has 0 aliphatic heterocycles. The molecule has 2 nitrogen and oxygen atoms in total. The first-order chi connectivity index (χ1) is 7.79. The van der Waals surface area contributed by atoms with Gasteiger partial charge < -0.3 is 5.73 Å². The number of benzene rings is 1. The van der Waals surface area contributed by atoms with E-state index in [1.807, 2.05) is 24.3 Å². The molecule has 0 spiro atoms. The van der Waals surface area contributed by atoms with Gasteiger partial charge in [0, 0.05) is 24.0 Å². The van der Waals surface area contributed by atoms with E-state index in [0.29, 0.717) is 6.54 Å². The van der Waals surface area contributed by atoms with Crippen LogP contribution in [0.25, 0.3) is 0 Å². The Hall–Kier alpha value is -1.38. The van der Waals surface area contributed by atoms with Gasteiger partial charge in [-0.1, -0.05) is 23.7 Å². The fourth-order valence-corrected chi connectivity index (χ4v) is 1.83. The monoisotopic (exact) mass is 232 g/mol. The number of hydrogen-bond donors (Lipinski definition) is 1. The van der Waals surface area contributed by atoms with Gasteiger partial charge in [0.1, 0.15) is 0 Å². The molecular weight excluding hydrogens is 220 g/mol. The molecule has 1 heterocycles. The summed E-state index contributed by atoms with van der Waals surface area (Å²) in [6.45, 7) is 0.475. The third kappa shape index (κ3) is 2.60. The molecule has 2 rings (SSSR count). The van der Waals surface area contributed by atoms with E-state index in [1.165, 1.54) is 11.1 Å². The van der Waals surface area contributed by atoms with Crippen LogP contribution in [0.1, 0.15) is 16.7 Å². The van der Waals surface area contributed by atoms with Crippen LogP contribution < -0.4 is 5.73 Å². The average molecular weight is 233 g/mol. The SMILES string of the molecule is NCc1cc(Cc2ccncc2)ccc1Cl. The highest BCUT2D eigenvalue weighted by Crippen LogP contribution is 2.18. The van der Waals surface area contributed by atoms with E-state index >= 15 is 0 Å². The van der Waals surface area contributed by atoms with Crippen molar-refractivity contribution in [2.24, 2.45) is 5.73 Å². The van der Waals surface area contributed by atoms with E-state index in [9.17, 15) is 0 Å². The molecule has 0 saturated carbocycles. The van der Waals surface area contributed by atoms with Gasteiger partial charge in [-0.3, -0.25) is 4.98 Å². The summed E-state index contributed by atoms with van der Waals surface area (Å²) in [6.07, 6.45) is 4.48. The maximum atomic E-state index is 6.01. The summed E-state index contributed by atoms with van der Waals surface area (Å²) in [5.41, 5.74) is 9.07. The molecule has 16 heavy (non-hydrogen) atoms. The topological polar surface area (TPSA) is 38.9 Å². The fraction of sp³-hybridized carbons (Fsp3) is 0.154. The van der Waals surface area contributed by atoms with Crippen LogP contribution in [0.15, 0.2) is 42.7 Å². The summed E-state index contributed by atoms with van der Waals surface area (Å²) in [6, 6.07) is 10.0. The van der Waals surface area contributed by atoms with Crippen LogP contribution in [0.5, 0.6) is 0 Å². The highest BCUT2D eigenvalue weighted by molar-refractivity contribution is 6.31. The largest absolute Gasteiger partial charge is 0.326 e. The highest BCUT2D eigenvalue weighted by Gasteiger charge is 2.01. The van der Waals surface area contributed by atoms with Crippen molar-refractivity contribution in [3.63, 3.8) is 0 Å². The molecular formula is C13H13ClN2. The molecule has 0 bridgehead atoms. The van der Waals surface area contributed by atoms with Crippen molar-refractivity contribution < 1.29 is 0 Å². The van der Waals surface area contributed by atoms with Crippen molar-refractivity contribution in [3.8, 4) is 0 Å². The Kier molecular flexibility index (Phi) is 3.54. The number of halogens is 1. The highest BCUT2D eigenvalue weighted by atomic mass is 35.5. The minimum Gasteiger partial charge on any atom is -0.326 e. The molecule has 0 amide bonds. The fourth-order valence-electron chi connectivity index (χ4n) is 1.63. The lowest BCUT2D eigenvalue weighted by Crippen LogP contribution is -1.99. The van der Waals surface area contributed by atoms with Crippen molar-refractivity contribution in [3.05, 3.63) is 64.4 Å². The summed E-state index contributed by atoms with van der Waals surface area (Å²) in [5, 5.41) is 0.737. The predicted octanol–water partition coefficient (Wildman–Crippen LogP) is 2.78. The minimum absolute atomic E-state index is 0.475. The molecule has 0 unspecified atom stereocenters. The van der Waals surface area contributed by atoms with Crippen molar-refractivity contribution in [2.75, 3.05) is 0 Å². The Morgan fingerprint density at radius 1 is 1.06 bits per heavy atom. The maximum absolute atomic E-state index is 6.01.